The van der Waals surface area contributed by atoms with Crippen molar-refractivity contribution < 1.29 is 13.6 Å². The zero-order chi connectivity index (χ0) is 11.0. The molecule has 86 valence electrons. The molecule has 0 saturated carbocycles. The fraction of sp³-hybridized carbons (Fsp3) is 1.00. The first-order valence-electron chi connectivity index (χ1n) is 4.69. The van der Waals surface area contributed by atoms with Gasteiger partial charge in [0.2, 0.25) is 0 Å². The van der Waals surface area contributed by atoms with Gasteiger partial charge in [0.15, 0.2) is 0 Å². The molecule has 0 bridgehead atoms. The molecule has 0 amide bonds. The van der Waals surface area contributed by atoms with Crippen LogP contribution in [0.25, 0.3) is 0 Å². The smallest absolute Gasteiger partial charge is 0.301 e. The molecule has 0 aromatic carbocycles. The number of hydrogen-bond acceptors (Lipinski definition) is 5. The third-order valence-electron chi connectivity index (χ3n) is 1.19. The summed E-state index contributed by atoms with van der Waals surface area (Å²) in [6.07, 6.45) is 0. The lowest BCUT2D eigenvalue weighted by molar-refractivity contribution is 0.237. The summed E-state index contributed by atoms with van der Waals surface area (Å²) in [4.78, 5) is 0. The molecule has 0 aliphatic carbocycles. The van der Waals surface area contributed by atoms with Gasteiger partial charge in [0.05, 0.1) is 18.3 Å². The first-order valence-corrected chi connectivity index (χ1v) is 8.87. The normalized spacial score (nSPS) is 12.4. The zero-order valence-corrected chi connectivity index (χ0v) is 11.7. The van der Waals surface area contributed by atoms with Crippen molar-refractivity contribution in [1.82, 2.24) is 0 Å². The quantitative estimate of drug-likeness (QED) is 0.485. The van der Waals surface area contributed by atoms with Crippen molar-refractivity contribution in [1.29, 1.82) is 0 Å². The van der Waals surface area contributed by atoms with Gasteiger partial charge >= 0.3 is 6.80 Å². The molecular formula is C8H19O3PS2. The summed E-state index contributed by atoms with van der Waals surface area (Å²) in [5.74, 6) is 0. The van der Waals surface area contributed by atoms with Gasteiger partial charge in [0, 0.05) is 0 Å². The molecule has 0 aromatic heterocycles. The molecule has 0 spiro atoms. The van der Waals surface area contributed by atoms with Crippen LogP contribution in [-0.4, -0.2) is 23.5 Å². The third-order valence-corrected chi connectivity index (χ3v) is 6.81. The number of rotatable bonds is 8. The first kappa shape index (κ1) is 14.8. The van der Waals surface area contributed by atoms with E-state index in [1.165, 1.54) is 11.4 Å². The highest BCUT2D eigenvalue weighted by Crippen LogP contribution is 2.61. The first-order chi connectivity index (χ1) is 6.54. The fourth-order valence-electron chi connectivity index (χ4n) is 0.659. The Kier molecular flexibility index (Phi) is 8.54. The van der Waals surface area contributed by atoms with Crippen molar-refractivity contribution in [2.45, 2.75) is 32.9 Å². The minimum atomic E-state index is -2.88. The van der Waals surface area contributed by atoms with Crippen molar-refractivity contribution in [3.63, 3.8) is 0 Å². The maximum absolute atomic E-state index is 11.9. The van der Waals surface area contributed by atoms with Crippen molar-refractivity contribution in [2.75, 3.05) is 18.3 Å². The fourth-order valence-corrected chi connectivity index (χ4v) is 6.15. The van der Waals surface area contributed by atoms with Crippen LogP contribution < -0.4 is 0 Å². The highest BCUT2D eigenvalue weighted by Gasteiger charge is 2.24. The van der Waals surface area contributed by atoms with Crippen LogP contribution in [0.5, 0.6) is 0 Å². The molecule has 0 rings (SSSR count). The van der Waals surface area contributed by atoms with Crippen molar-refractivity contribution in [3.8, 4) is 0 Å². The zero-order valence-electron chi connectivity index (χ0n) is 9.19. The second kappa shape index (κ2) is 8.05. The molecule has 0 fully saturated rings. The predicted octanol–water partition coefficient (Wildman–Crippen LogP) is 4.00. The number of thioether (sulfide) groups is 1. The monoisotopic (exact) mass is 258 g/mol. The maximum Gasteiger partial charge on any atom is 0.389 e. The minimum Gasteiger partial charge on any atom is -0.301 e. The summed E-state index contributed by atoms with van der Waals surface area (Å²) in [5.41, 5.74) is 0. The second-order valence-electron chi connectivity index (χ2n) is 2.75. The summed E-state index contributed by atoms with van der Waals surface area (Å²) < 4.78 is 22.2. The average molecular weight is 258 g/mol. The Bertz CT molecular complexity index is 177. The highest BCUT2D eigenvalue weighted by atomic mass is 32.7. The van der Waals surface area contributed by atoms with E-state index < -0.39 is 6.80 Å². The van der Waals surface area contributed by atoms with Crippen LogP contribution in [0.1, 0.15) is 27.7 Å². The van der Waals surface area contributed by atoms with E-state index >= 15 is 0 Å². The molecular weight excluding hydrogens is 239 g/mol. The van der Waals surface area contributed by atoms with Crippen molar-refractivity contribution >= 4 is 29.9 Å². The highest BCUT2D eigenvalue weighted by molar-refractivity contribution is 8.57. The van der Waals surface area contributed by atoms with E-state index in [0.717, 1.165) is 5.08 Å². The minimum absolute atomic E-state index is 0.427. The molecule has 0 aliphatic heterocycles. The van der Waals surface area contributed by atoms with Crippen LogP contribution in [0.15, 0.2) is 0 Å². The molecule has 6 heteroatoms. The van der Waals surface area contributed by atoms with E-state index in [-0.39, 0.29) is 0 Å². The predicted molar refractivity (Wildman–Crippen MR) is 66.0 cm³/mol. The van der Waals surface area contributed by atoms with E-state index in [1.807, 2.05) is 13.8 Å². The van der Waals surface area contributed by atoms with Gasteiger partial charge in [-0.3, -0.25) is 0 Å². The Morgan fingerprint density at radius 3 is 2.07 bits per heavy atom. The third kappa shape index (κ3) is 7.18. The molecule has 0 radical (unpaired) electrons. The Labute approximate surface area is 95.0 Å². The van der Waals surface area contributed by atoms with E-state index in [2.05, 4.69) is 13.8 Å². The Hall–Kier alpha value is 0.850. The molecule has 0 atom stereocenters. The molecule has 3 nitrogen and oxygen atoms in total. The van der Waals surface area contributed by atoms with E-state index in [9.17, 15) is 4.57 Å². The van der Waals surface area contributed by atoms with Gasteiger partial charge in [0.25, 0.3) is 0 Å². The van der Waals surface area contributed by atoms with E-state index in [4.69, 9.17) is 9.05 Å². The largest absolute Gasteiger partial charge is 0.389 e. The molecule has 14 heavy (non-hydrogen) atoms. The summed E-state index contributed by atoms with van der Waals surface area (Å²) >= 11 is 3.02. The Balaban J connectivity index is 3.90. The van der Waals surface area contributed by atoms with Crippen molar-refractivity contribution in [2.24, 2.45) is 0 Å². The van der Waals surface area contributed by atoms with Gasteiger partial charge in [-0.15, -0.1) is 11.8 Å². The van der Waals surface area contributed by atoms with Crippen LogP contribution in [0.2, 0.25) is 0 Å². The van der Waals surface area contributed by atoms with Gasteiger partial charge in [-0.1, -0.05) is 13.8 Å². The van der Waals surface area contributed by atoms with E-state index in [1.54, 1.807) is 11.8 Å². The SMILES string of the molecule is CCOP(=O)(OCC)SCSC(C)C. The topological polar surface area (TPSA) is 35.5 Å². The standard InChI is InChI=1S/C8H19O3PS2/c1-5-10-12(9,11-6-2)14-7-13-8(3)4/h8H,5-7H2,1-4H3. The van der Waals surface area contributed by atoms with Crippen molar-refractivity contribution in [3.05, 3.63) is 0 Å². The summed E-state index contributed by atoms with van der Waals surface area (Å²) in [7, 11) is 0. The average Bonchev–Trinajstić information content (AvgIpc) is 2.03. The van der Waals surface area contributed by atoms with Gasteiger partial charge in [0.1, 0.15) is 0 Å². The molecule has 0 aliphatic rings. The molecule has 0 aromatic rings. The lowest BCUT2D eigenvalue weighted by atomic mass is 10.6. The molecule has 0 N–H and O–H groups in total. The molecule has 0 saturated heterocycles. The van der Waals surface area contributed by atoms with Gasteiger partial charge in [-0.2, -0.15) is 0 Å². The summed E-state index contributed by atoms with van der Waals surface area (Å²) in [6.45, 7) is 5.83. The number of hydrogen-bond donors (Lipinski definition) is 0. The maximum atomic E-state index is 11.9. The summed E-state index contributed by atoms with van der Waals surface area (Å²) in [6, 6.07) is 0. The van der Waals surface area contributed by atoms with Gasteiger partial charge < -0.3 is 9.05 Å². The van der Waals surface area contributed by atoms with Crippen LogP contribution >= 0.6 is 29.9 Å². The molecule has 0 heterocycles. The Morgan fingerprint density at radius 1 is 1.21 bits per heavy atom. The second-order valence-corrected chi connectivity index (χ2v) is 8.75. The molecule has 0 unspecified atom stereocenters. The lowest BCUT2D eigenvalue weighted by Crippen LogP contribution is -1.93. The van der Waals surface area contributed by atoms with Crippen LogP contribution in [-0.2, 0) is 13.6 Å². The van der Waals surface area contributed by atoms with Crippen LogP contribution in [0, 0.1) is 0 Å². The van der Waals surface area contributed by atoms with Crippen LogP contribution in [0.4, 0.5) is 0 Å². The van der Waals surface area contributed by atoms with Gasteiger partial charge in [-0.05, 0) is 30.5 Å². The van der Waals surface area contributed by atoms with Gasteiger partial charge in [-0.25, -0.2) is 4.57 Å². The van der Waals surface area contributed by atoms with Crippen LogP contribution in [0.3, 0.4) is 0 Å². The van der Waals surface area contributed by atoms with E-state index in [0.29, 0.717) is 18.5 Å². The summed E-state index contributed by atoms with van der Waals surface area (Å²) in [5, 5.41) is 1.29. The Morgan fingerprint density at radius 2 is 1.71 bits per heavy atom. The lowest BCUT2D eigenvalue weighted by Gasteiger charge is -2.15.